The first-order chi connectivity index (χ1) is 3.50. The van der Waals surface area contributed by atoms with Gasteiger partial charge in [-0.05, 0) is 6.42 Å². The highest BCUT2D eigenvalue weighted by atomic mass is 32.1. The molecule has 0 aliphatic carbocycles. The average Bonchev–Trinajstić information content (AvgIpc) is 1.67. The second-order valence-electron chi connectivity index (χ2n) is 1.48. The molecule has 0 bridgehead atoms. The Morgan fingerprint density at radius 1 is 1.88 bits per heavy atom. The number of carboxylic acid groups (broad SMARTS) is 1. The van der Waals surface area contributed by atoms with E-state index in [-0.39, 0.29) is 6.42 Å². The molecule has 0 rings (SSSR count). The maximum absolute atomic E-state index is 9.93. The Hall–Kier alpha value is -0.220. The van der Waals surface area contributed by atoms with Crippen LogP contribution in [0.15, 0.2) is 0 Å². The molecule has 0 fully saturated rings. The molecule has 0 aromatic rings. The van der Waals surface area contributed by atoms with Crippen LogP contribution < -0.4 is 0 Å². The van der Waals surface area contributed by atoms with Gasteiger partial charge in [0.1, 0.15) is 0 Å². The molecule has 0 aliphatic rings. The van der Waals surface area contributed by atoms with Crippen molar-refractivity contribution in [1.82, 2.24) is 0 Å². The number of thiol groups is 1. The van der Waals surface area contributed by atoms with Gasteiger partial charge in [0.05, 0.1) is 0 Å². The molecule has 8 heavy (non-hydrogen) atoms. The highest BCUT2D eigenvalue weighted by molar-refractivity contribution is 7.82. The Bertz CT molecular complexity index is 99.5. The third-order valence-electron chi connectivity index (χ3n) is 0.836. The van der Waals surface area contributed by atoms with Gasteiger partial charge in [0.25, 0.3) is 0 Å². The van der Waals surface area contributed by atoms with Gasteiger partial charge in [-0.15, -0.1) is 12.6 Å². The molecule has 1 unspecified atom stereocenters. The molecule has 1 atom stereocenters. The van der Waals surface area contributed by atoms with E-state index in [4.69, 9.17) is 10.2 Å². The van der Waals surface area contributed by atoms with Gasteiger partial charge in [-0.3, -0.25) is 0 Å². The highest BCUT2D eigenvalue weighted by Crippen LogP contribution is 2.13. The van der Waals surface area contributed by atoms with Crippen LogP contribution in [-0.4, -0.2) is 21.1 Å². The molecule has 0 aromatic carbocycles. The van der Waals surface area contributed by atoms with Crippen molar-refractivity contribution >= 4 is 18.6 Å². The third-order valence-corrected chi connectivity index (χ3v) is 1.34. The molecular formula is C4H8O3S. The summed E-state index contributed by atoms with van der Waals surface area (Å²) in [5.74, 6) is -1.30. The fourth-order valence-electron chi connectivity index (χ4n) is 0.151. The molecule has 0 heterocycles. The van der Waals surface area contributed by atoms with Gasteiger partial charge in [0, 0.05) is 0 Å². The zero-order valence-electron chi connectivity index (χ0n) is 4.46. The van der Waals surface area contributed by atoms with Gasteiger partial charge >= 0.3 is 5.97 Å². The SMILES string of the molecule is CCC(O)(S)C(=O)O. The fourth-order valence-corrected chi connectivity index (χ4v) is 0.151. The summed E-state index contributed by atoms with van der Waals surface area (Å²) in [6.07, 6.45) is 0.103. The van der Waals surface area contributed by atoms with E-state index in [0.717, 1.165) is 0 Å². The molecular weight excluding hydrogens is 128 g/mol. The lowest BCUT2D eigenvalue weighted by molar-refractivity contribution is -0.149. The average molecular weight is 136 g/mol. The van der Waals surface area contributed by atoms with Crippen molar-refractivity contribution in [2.24, 2.45) is 0 Å². The largest absolute Gasteiger partial charge is 0.478 e. The molecule has 0 amide bonds. The number of aliphatic hydroxyl groups is 1. The van der Waals surface area contributed by atoms with Gasteiger partial charge in [-0.2, -0.15) is 0 Å². The molecule has 4 heteroatoms. The zero-order chi connectivity index (χ0) is 6.78. The van der Waals surface area contributed by atoms with Crippen LogP contribution in [0.4, 0.5) is 0 Å². The summed E-state index contributed by atoms with van der Waals surface area (Å²) in [5.41, 5.74) is 0. The molecule has 2 N–H and O–H groups in total. The van der Waals surface area contributed by atoms with Gasteiger partial charge in [0.2, 0.25) is 4.93 Å². The highest BCUT2D eigenvalue weighted by Gasteiger charge is 2.28. The van der Waals surface area contributed by atoms with Crippen LogP contribution in [0.3, 0.4) is 0 Å². The van der Waals surface area contributed by atoms with Crippen LogP contribution >= 0.6 is 12.6 Å². The molecule has 0 radical (unpaired) electrons. The van der Waals surface area contributed by atoms with E-state index >= 15 is 0 Å². The topological polar surface area (TPSA) is 57.5 Å². The van der Waals surface area contributed by atoms with E-state index in [1.165, 1.54) is 0 Å². The monoisotopic (exact) mass is 136 g/mol. The van der Waals surface area contributed by atoms with Crippen molar-refractivity contribution in [2.75, 3.05) is 0 Å². The van der Waals surface area contributed by atoms with E-state index in [0.29, 0.717) is 0 Å². The van der Waals surface area contributed by atoms with E-state index in [9.17, 15) is 4.79 Å². The van der Waals surface area contributed by atoms with Crippen LogP contribution in [0.25, 0.3) is 0 Å². The van der Waals surface area contributed by atoms with Gasteiger partial charge in [-0.1, -0.05) is 6.92 Å². The van der Waals surface area contributed by atoms with E-state index in [1.807, 2.05) is 0 Å². The second kappa shape index (κ2) is 2.37. The Kier molecular flexibility index (Phi) is 2.30. The predicted octanol–water partition coefficient (Wildman–Crippen LogP) is 0.0994. The summed E-state index contributed by atoms with van der Waals surface area (Å²) >= 11 is 3.44. The number of carboxylic acids is 1. The van der Waals surface area contributed by atoms with E-state index < -0.39 is 10.9 Å². The summed E-state index contributed by atoms with van der Waals surface area (Å²) in [4.78, 5) is 8.08. The quantitative estimate of drug-likeness (QED) is 0.373. The number of carbonyl (C=O) groups is 1. The van der Waals surface area contributed by atoms with Crippen molar-refractivity contribution in [3.05, 3.63) is 0 Å². The summed E-state index contributed by atoms with van der Waals surface area (Å²) < 4.78 is 0. The lowest BCUT2D eigenvalue weighted by Gasteiger charge is -2.12. The lowest BCUT2D eigenvalue weighted by atomic mass is 10.3. The molecule has 0 spiro atoms. The number of rotatable bonds is 2. The fraction of sp³-hybridized carbons (Fsp3) is 0.750. The van der Waals surface area contributed by atoms with Gasteiger partial charge < -0.3 is 10.2 Å². The second-order valence-corrected chi connectivity index (χ2v) is 2.22. The van der Waals surface area contributed by atoms with Crippen LogP contribution in [-0.2, 0) is 4.79 Å². The van der Waals surface area contributed by atoms with E-state index in [2.05, 4.69) is 12.6 Å². The van der Waals surface area contributed by atoms with E-state index in [1.54, 1.807) is 6.92 Å². The molecule has 48 valence electrons. The first-order valence-electron chi connectivity index (χ1n) is 2.19. The molecule has 0 aromatic heterocycles. The van der Waals surface area contributed by atoms with Crippen molar-refractivity contribution in [1.29, 1.82) is 0 Å². The minimum atomic E-state index is -1.85. The smallest absolute Gasteiger partial charge is 0.346 e. The molecule has 3 nitrogen and oxygen atoms in total. The Morgan fingerprint density at radius 3 is 2.25 bits per heavy atom. The Morgan fingerprint density at radius 2 is 2.25 bits per heavy atom. The van der Waals surface area contributed by atoms with Crippen LogP contribution in [0.5, 0.6) is 0 Å². The molecule has 0 saturated heterocycles. The first kappa shape index (κ1) is 7.78. The Labute approximate surface area is 52.7 Å². The predicted molar refractivity (Wildman–Crippen MR) is 31.9 cm³/mol. The minimum absolute atomic E-state index is 0.103. The number of hydrogen-bond acceptors (Lipinski definition) is 3. The van der Waals surface area contributed by atoms with Crippen molar-refractivity contribution in [2.45, 2.75) is 18.3 Å². The standard InChI is InChI=1S/C4H8O3S/c1-2-4(7,8)3(5)6/h7-8H,2H2,1H3,(H,5,6). The number of aliphatic carboxylic acids is 1. The number of hydrogen-bond donors (Lipinski definition) is 3. The third kappa shape index (κ3) is 1.71. The van der Waals surface area contributed by atoms with Crippen molar-refractivity contribution in [3.63, 3.8) is 0 Å². The summed E-state index contributed by atoms with van der Waals surface area (Å²) in [6, 6.07) is 0. The van der Waals surface area contributed by atoms with Crippen molar-refractivity contribution in [3.8, 4) is 0 Å². The summed E-state index contributed by atoms with van der Waals surface area (Å²) in [7, 11) is 0. The maximum Gasteiger partial charge on any atom is 0.346 e. The molecule has 0 aliphatic heterocycles. The zero-order valence-corrected chi connectivity index (χ0v) is 5.35. The lowest BCUT2D eigenvalue weighted by Crippen LogP contribution is -2.30. The van der Waals surface area contributed by atoms with Crippen molar-refractivity contribution < 1.29 is 15.0 Å². The van der Waals surface area contributed by atoms with Crippen LogP contribution in [0.2, 0.25) is 0 Å². The van der Waals surface area contributed by atoms with Crippen LogP contribution in [0, 0.1) is 0 Å². The summed E-state index contributed by atoms with van der Waals surface area (Å²) in [5, 5.41) is 16.8. The maximum atomic E-state index is 9.93. The van der Waals surface area contributed by atoms with Gasteiger partial charge in [0.15, 0.2) is 0 Å². The van der Waals surface area contributed by atoms with Crippen LogP contribution in [0.1, 0.15) is 13.3 Å². The summed E-state index contributed by atoms with van der Waals surface area (Å²) in [6.45, 7) is 1.54. The van der Waals surface area contributed by atoms with Gasteiger partial charge in [-0.25, -0.2) is 4.79 Å². The minimum Gasteiger partial charge on any atom is -0.478 e. The Balaban J connectivity index is 3.91. The molecule has 0 saturated carbocycles. The normalized spacial score (nSPS) is 17.4. The first-order valence-corrected chi connectivity index (χ1v) is 2.63.